The molecular formula is C19H30O2S. The Bertz CT molecular complexity index is 378. The average Bonchev–Trinajstić information content (AvgIpc) is 2.56. The van der Waals surface area contributed by atoms with Crippen molar-refractivity contribution < 1.29 is 9.53 Å². The van der Waals surface area contributed by atoms with Crippen molar-refractivity contribution in [3.05, 3.63) is 30.3 Å². The molecule has 0 aliphatic heterocycles. The van der Waals surface area contributed by atoms with E-state index in [4.69, 9.17) is 0 Å². The van der Waals surface area contributed by atoms with E-state index in [-0.39, 0.29) is 5.97 Å². The zero-order valence-corrected chi connectivity index (χ0v) is 14.7. The van der Waals surface area contributed by atoms with E-state index < -0.39 is 0 Å². The molecule has 0 spiro atoms. The lowest BCUT2D eigenvalue weighted by molar-refractivity contribution is -0.140. The van der Waals surface area contributed by atoms with Crippen molar-refractivity contribution >= 4 is 17.7 Å². The van der Waals surface area contributed by atoms with Gasteiger partial charge in [-0.2, -0.15) is 0 Å². The molecule has 0 aliphatic rings. The summed E-state index contributed by atoms with van der Waals surface area (Å²) >= 11 is 1.96. The third kappa shape index (κ3) is 10.7. The normalized spacial score (nSPS) is 10.6. The van der Waals surface area contributed by atoms with Crippen LogP contribution in [0.4, 0.5) is 0 Å². The molecule has 1 aromatic carbocycles. The van der Waals surface area contributed by atoms with Crippen LogP contribution in [0.15, 0.2) is 35.2 Å². The molecular weight excluding hydrogens is 292 g/mol. The predicted molar refractivity (Wildman–Crippen MR) is 95.4 cm³/mol. The van der Waals surface area contributed by atoms with Crippen molar-refractivity contribution in [2.45, 2.75) is 69.1 Å². The van der Waals surface area contributed by atoms with Gasteiger partial charge in [0.1, 0.15) is 0 Å². The first-order valence-corrected chi connectivity index (χ1v) is 9.56. The molecule has 0 saturated carbocycles. The number of methoxy groups -OCH3 is 1. The Kier molecular flexibility index (Phi) is 11.9. The number of benzene rings is 1. The maximum atomic E-state index is 10.9. The van der Waals surface area contributed by atoms with Gasteiger partial charge < -0.3 is 4.74 Å². The number of rotatable bonds is 13. The van der Waals surface area contributed by atoms with Crippen molar-refractivity contribution in [1.29, 1.82) is 0 Å². The van der Waals surface area contributed by atoms with Crippen LogP contribution in [0.25, 0.3) is 0 Å². The second-order valence-corrected chi connectivity index (χ2v) is 6.84. The lowest BCUT2D eigenvalue weighted by Gasteiger charge is -2.03. The van der Waals surface area contributed by atoms with Gasteiger partial charge in [0.15, 0.2) is 0 Å². The molecule has 0 aliphatic carbocycles. The van der Waals surface area contributed by atoms with Crippen LogP contribution in [0.1, 0.15) is 64.2 Å². The molecule has 2 nitrogen and oxygen atoms in total. The van der Waals surface area contributed by atoms with Crippen molar-refractivity contribution in [2.75, 3.05) is 12.9 Å². The van der Waals surface area contributed by atoms with Gasteiger partial charge in [-0.15, -0.1) is 11.8 Å². The molecule has 22 heavy (non-hydrogen) atoms. The Morgan fingerprint density at radius 3 is 2.00 bits per heavy atom. The van der Waals surface area contributed by atoms with Gasteiger partial charge in [-0.25, -0.2) is 0 Å². The Hall–Kier alpha value is -0.960. The van der Waals surface area contributed by atoms with Crippen LogP contribution in [0.2, 0.25) is 0 Å². The second kappa shape index (κ2) is 13.7. The third-order valence-corrected chi connectivity index (χ3v) is 4.86. The molecule has 0 amide bonds. The first-order valence-electron chi connectivity index (χ1n) is 8.57. The summed E-state index contributed by atoms with van der Waals surface area (Å²) in [6.45, 7) is 0. The zero-order valence-electron chi connectivity index (χ0n) is 13.9. The number of carbonyl (C=O) groups excluding carboxylic acids is 1. The van der Waals surface area contributed by atoms with E-state index in [2.05, 4.69) is 35.1 Å². The van der Waals surface area contributed by atoms with Crippen LogP contribution in [-0.2, 0) is 9.53 Å². The van der Waals surface area contributed by atoms with Crippen LogP contribution in [0.3, 0.4) is 0 Å². The average molecular weight is 323 g/mol. The van der Waals surface area contributed by atoms with E-state index in [9.17, 15) is 4.79 Å². The zero-order chi connectivity index (χ0) is 15.9. The lowest BCUT2D eigenvalue weighted by Crippen LogP contribution is -1.99. The Morgan fingerprint density at radius 2 is 1.41 bits per heavy atom. The molecule has 0 unspecified atom stereocenters. The SMILES string of the molecule is COC(=O)CCCCCCCCCCCSc1ccccc1. The summed E-state index contributed by atoms with van der Waals surface area (Å²) in [7, 11) is 1.46. The molecule has 0 heterocycles. The minimum atomic E-state index is -0.0756. The van der Waals surface area contributed by atoms with E-state index in [1.807, 2.05) is 11.8 Å². The van der Waals surface area contributed by atoms with E-state index in [0.717, 1.165) is 12.8 Å². The number of esters is 1. The van der Waals surface area contributed by atoms with Gasteiger partial charge in [0.2, 0.25) is 0 Å². The number of hydrogen-bond acceptors (Lipinski definition) is 3. The number of unbranched alkanes of at least 4 members (excludes halogenated alkanes) is 8. The van der Waals surface area contributed by atoms with Crippen LogP contribution in [0.5, 0.6) is 0 Å². The highest BCUT2D eigenvalue weighted by atomic mass is 32.2. The highest BCUT2D eigenvalue weighted by molar-refractivity contribution is 7.99. The predicted octanol–water partition coefficient (Wildman–Crippen LogP) is 5.85. The molecule has 0 fully saturated rings. The van der Waals surface area contributed by atoms with Gasteiger partial charge in [0.05, 0.1) is 7.11 Å². The Labute approximate surface area is 140 Å². The molecule has 0 radical (unpaired) electrons. The fourth-order valence-electron chi connectivity index (χ4n) is 2.42. The maximum absolute atomic E-state index is 10.9. The summed E-state index contributed by atoms with van der Waals surface area (Å²) in [5.41, 5.74) is 0. The highest BCUT2D eigenvalue weighted by Gasteiger charge is 1.99. The molecule has 1 aromatic rings. The van der Waals surface area contributed by atoms with Gasteiger partial charge >= 0.3 is 5.97 Å². The fourth-order valence-corrected chi connectivity index (χ4v) is 3.35. The summed E-state index contributed by atoms with van der Waals surface area (Å²) in [6.07, 6.45) is 12.0. The maximum Gasteiger partial charge on any atom is 0.305 e. The van der Waals surface area contributed by atoms with E-state index in [1.165, 1.54) is 62.7 Å². The van der Waals surface area contributed by atoms with Gasteiger partial charge in [0.25, 0.3) is 0 Å². The van der Waals surface area contributed by atoms with Crippen molar-refractivity contribution in [3.63, 3.8) is 0 Å². The second-order valence-electron chi connectivity index (χ2n) is 5.67. The molecule has 0 bridgehead atoms. The Morgan fingerprint density at radius 1 is 0.864 bits per heavy atom. The van der Waals surface area contributed by atoms with E-state index in [1.54, 1.807) is 0 Å². The van der Waals surface area contributed by atoms with Crippen LogP contribution in [0, 0.1) is 0 Å². The molecule has 0 atom stereocenters. The van der Waals surface area contributed by atoms with Crippen LogP contribution < -0.4 is 0 Å². The molecule has 124 valence electrons. The third-order valence-electron chi connectivity index (χ3n) is 3.76. The molecule has 3 heteroatoms. The van der Waals surface area contributed by atoms with Gasteiger partial charge in [0, 0.05) is 11.3 Å². The van der Waals surface area contributed by atoms with Gasteiger partial charge in [-0.1, -0.05) is 63.1 Å². The van der Waals surface area contributed by atoms with Crippen molar-refractivity contribution in [3.8, 4) is 0 Å². The minimum Gasteiger partial charge on any atom is -0.469 e. The number of carbonyl (C=O) groups is 1. The van der Waals surface area contributed by atoms with Crippen LogP contribution >= 0.6 is 11.8 Å². The highest BCUT2D eigenvalue weighted by Crippen LogP contribution is 2.19. The summed E-state index contributed by atoms with van der Waals surface area (Å²) in [5, 5.41) is 0. The quantitative estimate of drug-likeness (QED) is 0.259. The molecule has 0 N–H and O–H groups in total. The summed E-state index contributed by atoms with van der Waals surface area (Å²) in [5.74, 6) is 1.16. The van der Waals surface area contributed by atoms with E-state index in [0.29, 0.717) is 6.42 Å². The molecule has 0 aromatic heterocycles. The standard InChI is InChI=1S/C19H30O2S/c1-21-19(20)16-12-7-5-3-2-4-6-8-13-17-22-18-14-10-9-11-15-18/h9-11,14-15H,2-8,12-13,16-17H2,1H3. The summed E-state index contributed by atoms with van der Waals surface area (Å²) in [6, 6.07) is 10.6. The minimum absolute atomic E-state index is 0.0756. The monoisotopic (exact) mass is 322 g/mol. The topological polar surface area (TPSA) is 26.3 Å². The first kappa shape index (κ1) is 19.1. The van der Waals surface area contributed by atoms with Gasteiger partial charge in [-0.05, 0) is 30.7 Å². The Balaban J connectivity index is 1.77. The number of hydrogen-bond donors (Lipinski definition) is 0. The molecule has 0 saturated heterocycles. The summed E-state index contributed by atoms with van der Waals surface area (Å²) in [4.78, 5) is 12.3. The first-order chi connectivity index (χ1) is 10.8. The largest absolute Gasteiger partial charge is 0.469 e. The van der Waals surface area contributed by atoms with E-state index >= 15 is 0 Å². The molecule has 1 rings (SSSR count). The van der Waals surface area contributed by atoms with Crippen molar-refractivity contribution in [2.24, 2.45) is 0 Å². The summed E-state index contributed by atoms with van der Waals surface area (Å²) < 4.78 is 4.63. The van der Waals surface area contributed by atoms with Crippen molar-refractivity contribution in [1.82, 2.24) is 0 Å². The van der Waals surface area contributed by atoms with Gasteiger partial charge in [-0.3, -0.25) is 4.79 Å². The fraction of sp³-hybridized carbons (Fsp3) is 0.632. The number of ether oxygens (including phenoxy) is 1. The van der Waals surface area contributed by atoms with Crippen LogP contribution in [-0.4, -0.2) is 18.8 Å². The lowest BCUT2D eigenvalue weighted by atomic mass is 10.1. The smallest absolute Gasteiger partial charge is 0.305 e. The number of thioether (sulfide) groups is 1.